The lowest BCUT2D eigenvalue weighted by atomic mass is 9.99. The number of hydrogen-bond acceptors (Lipinski definition) is 5. The number of aryl methyl sites for hydroxylation is 1. The fourth-order valence-corrected chi connectivity index (χ4v) is 5.69. The molecule has 35 heavy (non-hydrogen) atoms. The Hall–Kier alpha value is -3.52. The van der Waals surface area contributed by atoms with Gasteiger partial charge in [0.15, 0.2) is 0 Å². The lowest BCUT2D eigenvalue weighted by molar-refractivity contribution is 0.0835. The van der Waals surface area contributed by atoms with Crippen LogP contribution in [0, 0.1) is 6.92 Å². The smallest absolute Gasteiger partial charge is 0.274 e. The van der Waals surface area contributed by atoms with Crippen molar-refractivity contribution in [3.63, 3.8) is 0 Å². The molecule has 1 saturated carbocycles. The lowest BCUT2D eigenvalue weighted by Crippen LogP contribution is -2.30. The minimum absolute atomic E-state index is 0.0777. The lowest BCUT2D eigenvalue weighted by Gasteiger charge is -2.22. The molecule has 2 fully saturated rings. The number of aromatic nitrogens is 4. The third kappa shape index (κ3) is 3.31. The number of ether oxygens (including phenoxy) is 1. The number of hydrogen-bond donors (Lipinski definition) is 1. The summed E-state index contributed by atoms with van der Waals surface area (Å²) in [6.07, 6.45) is 8.64. The Morgan fingerprint density at radius 1 is 1.03 bits per heavy atom. The molecule has 1 saturated heterocycles. The van der Waals surface area contributed by atoms with Crippen LogP contribution in [0.4, 0.5) is 5.82 Å². The summed E-state index contributed by atoms with van der Waals surface area (Å²) in [5, 5.41) is 0. The van der Waals surface area contributed by atoms with E-state index >= 15 is 0 Å². The van der Waals surface area contributed by atoms with Gasteiger partial charge in [-0.25, -0.2) is 9.97 Å². The van der Waals surface area contributed by atoms with E-state index in [-0.39, 0.29) is 17.4 Å². The maximum atomic E-state index is 13.7. The van der Waals surface area contributed by atoms with E-state index in [2.05, 4.69) is 21.0 Å². The van der Waals surface area contributed by atoms with E-state index in [9.17, 15) is 9.59 Å². The number of rotatable bonds is 3. The average Bonchev–Trinajstić information content (AvgIpc) is 3.48. The second kappa shape index (κ2) is 7.75. The van der Waals surface area contributed by atoms with Crippen LogP contribution in [0.15, 0.2) is 35.4 Å². The molecule has 3 aliphatic rings. The zero-order valence-electron chi connectivity index (χ0n) is 19.7. The highest BCUT2D eigenvalue weighted by Crippen LogP contribution is 2.41. The zero-order valence-corrected chi connectivity index (χ0v) is 19.7. The number of H-pyrrole nitrogens is 1. The number of anilines is 1. The summed E-state index contributed by atoms with van der Waals surface area (Å²) in [5.74, 6) is 2.46. The van der Waals surface area contributed by atoms with E-state index in [1.807, 2.05) is 29.7 Å². The summed E-state index contributed by atoms with van der Waals surface area (Å²) < 4.78 is 7.49. The van der Waals surface area contributed by atoms with Crippen molar-refractivity contribution >= 4 is 28.3 Å². The molecule has 1 amide bonds. The molecule has 1 aromatic carbocycles. The second-order valence-electron chi connectivity index (χ2n) is 10.1. The number of imidazole rings is 1. The summed E-state index contributed by atoms with van der Waals surface area (Å²) >= 11 is 0. The van der Waals surface area contributed by atoms with Gasteiger partial charge in [-0.1, -0.05) is 6.07 Å². The molecule has 8 nitrogen and oxygen atoms in total. The molecular formula is C27H27N5O3. The van der Waals surface area contributed by atoms with Crippen molar-refractivity contribution in [1.82, 2.24) is 19.4 Å². The van der Waals surface area contributed by atoms with Crippen LogP contribution >= 0.6 is 0 Å². The van der Waals surface area contributed by atoms with Gasteiger partial charge in [0.05, 0.1) is 17.2 Å². The monoisotopic (exact) mass is 469 g/mol. The Morgan fingerprint density at radius 3 is 2.66 bits per heavy atom. The minimum atomic E-state index is -0.202. The van der Waals surface area contributed by atoms with Gasteiger partial charge >= 0.3 is 0 Å². The fraction of sp³-hybridized carbons (Fsp3) is 0.407. The van der Waals surface area contributed by atoms with Gasteiger partial charge in [-0.3, -0.25) is 18.9 Å². The minimum Gasteiger partial charge on any atom is -0.381 e. The van der Waals surface area contributed by atoms with E-state index in [0.29, 0.717) is 42.3 Å². The third-order valence-electron chi connectivity index (χ3n) is 7.79. The normalized spacial score (nSPS) is 18.5. The number of carbonyl (C=O) groups excluding carboxylic acids is 1. The number of nitrogens with one attached hydrogen (secondary N) is 1. The van der Waals surface area contributed by atoms with Crippen LogP contribution < -0.4 is 10.5 Å². The molecule has 5 heterocycles. The molecule has 8 heteroatoms. The average molecular weight is 470 g/mol. The van der Waals surface area contributed by atoms with E-state index in [1.165, 1.54) is 18.4 Å². The van der Waals surface area contributed by atoms with E-state index < -0.39 is 0 Å². The van der Waals surface area contributed by atoms with Gasteiger partial charge in [0.2, 0.25) is 0 Å². The van der Waals surface area contributed by atoms with Crippen LogP contribution in [-0.2, 0) is 11.2 Å². The fourth-order valence-electron chi connectivity index (χ4n) is 5.69. The highest BCUT2D eigenvalue weighted by atomic mass is 16.5. The predicted octanol–water partition coefficient (Wildman–Crippen LogP) is 3.85. The van der Waals surface area contributed by atoms with E-state index in [1.54, 1.807) is 11.1 Å². The molecule has 3 aromatic heterocycles. The molecule has 1 aliphatic carbocycles. The van der Waals surface area contributed by atoms with E-state index in [4.69, 9.17) is 4.74 Å². The topological polar surface area (TPSA) is 92.6 Å². The quantitative estimate of drug-likeness (QED) is 0.492. The maximum absolute atomic E-state index is 13.7. The molecule has 7 rings (SSSR count). The van der Waals surface area contributed by atoms with Gasteiger partial charge in [-0.2, -0.15) is 0 Å². The molecule has 0 spiro atoms. The molecule has 0 atom stereocenters. The van der Waals surface area contributed by atoms with Crippen molar-refractivity contribution < 1.29 is 9.53 Å². The van der Waals surface area contributed by atoms with Crippen LogP contribution in [0.25, 0.3) is 16.6 Å². The molecule has 0 bridgehead atoms. The van der Waals surface area contributed by atoms with Gasteiger partial charge in [-0.15, -0.1) is 0 Å². The van der Waals surface area contributed by atoms with Crippen LogP contribution in [0.3, 0.4) is 0 Å². The summed E-state index contributed by atoms with van der Waals surface area (Å²) in [6.45, 7) is 3.98. The standard InChI is InChI=1S/C27H27N5O3/c1-15-10-22-21(30-26(33)23-14-29-25(32(22)23)17-5-8-35-9-6-17)12-20(15)27(34)31-7-4-18-11-19(16-2-3-16)13-28-24(18)31/h10-14,16-17H,2-9H2,1H3,(H,30,33). The molecule has 1 N–H and O–H groups in total. The number of amides is 1. The maximum Gasteiger partial charge on any atom is 0.274 e. The van der Waals surface area contributed by atoms with Crippen molar-refractivity contribution in [1.29, 1.82) is 0 Å². The molecule has 0 radical (unpaired) electrons. The first-order valence-corrected chi connectivity index (χ1v) is 12.5. The Morgan fingerprint density at radius 2 is 1.86 bits per heavy atom. The van der Waals surface area contributed by atoms with Crippen molar-refractivity contribution in [2.24, 2.45) is 0 Å². The van der Waals surface area contributed by atoms with Gasteiger partial charge < -0.3 is 9.72 Å². The number of benzene rings is 1. The Bertz CT molecular complexity index is 1560. The summed E-state index contributed by atoms with van der Waals surface area (Å²) in [7, 11) is 0. The van der Waals surface area contributed by atoms with Crippen molar-refractivity contribution in [3.05, 3.63) is 69.0 Å². The van der Waals surface area contributed by atoms with Gasteiger partial charge in [0.25, 0.3) is 11.5 Å². The largest absolute Gasteiger partial charge is 0.381 e. The number of nitrogens with zero attached hydrogens (tertiary/aromatic N) is 4. The van der Waals surface area contributed by atoms with Crippen LogP contribution in [0.5, 0.6) is 0 Å². The Kier molecular flexibility index (Phi) is 4.61. The molecule has 178 valence electrons. The van der Waals surface area contributed by atoms with E-state index in [0.717, 1.165) is 47.5 Å². The Balaban J connectivity index is 1.31. The van der Waals surface area contributed by atoms with Crippen molar-refractivity contribution in [2.45, 2.75) is 50.9 Å². The Labute approximate surface area is 202 Å². The molecule has 2 aliphatic heterocycles. The zero-order chi connectivity index (χ0) is 23.7. The summed E-state index contributed by atoms with van der Waals surface area (Å²) in [4.78, 5) is 40.7. The first-order chi connectivity index (χ1) is 17.1. The molecule has 4 aromatic rings. The van der Waals surface area contributed by atoms with Gasteiger partial charge in [-0.05, 0) is 73.8 Å². The summed E-state index contributed by atoms with van der Waals surface area (Å²) in [5.41, 5.74) is 5.72. The number of aromatic amines is 1. The molecular weight excluding hydrogens is 442 g/mol. The van der Waals surface area contributed by atoms with Crippen molar-refractivity contribution in [3.8, 4) is 0 Å². The highest BCUT2D eigenvalue weighted by Gasteiger charge is 2.31. The van der Waals surface area contributed by atoms with Gasteiger partial charge in [0.1, 0.15) is 17.2 Å². The first-order valence-electron chi connectivity index (χ1n) is 12.5. The third-order valence-corrected chi connectivity index (χ3v) is 7.79. The van der Waals surface area contributed by atoms with Crippen LogP contribution in [0.1, 0.15) is 70.4 Å². The SMILES string of the molecule is Cc1cc2c(cc1C(=O)N1CCc3cc(C4CC4)cnc31)[nH]c(=O)c1cnc(C3CCOCC3)n12. The summed E-state index contributed by atoms with van der Waals surface area (Å²) in [6, 6.07) is 6.04. The number of pyridine rings is 1. The number of fused-ring (bicyclic) bond motifs is 4. The second-order valence-corrected chi connectivity index (χ2v) is 10.1. The van der Waals surface area contributed by atoms with Crippen LogP contribution in [-0.4, -0.2) is 45.0 Å². The van der Waals surface area contributed by atoms with Gasteiger partial charge in [0, 0.05) is 37.4 Å². The van der Waals surface area contributed by atoms with Crippen LogP contribution in [0.2, 0.25) is 0 Å². The molecule has 0 unspecified atom stereocenters. The first kappa shape index (κ1) is 20.8. The highest BCUT2D eigenvalue weighted by molar-refractivity contribution is 6.09. The predicted molar refractivity (Wildman–Crippen MR) is 132 cm³/mol. The van der Waals surface area contributed by atoms with Crippen molar-refractivity contribution in [2.75, 3.05) is 24.7 Å². The number of carbonyl (C=O) groups is 1.